The first-order valence-electron chi connectivity index (χ1n) is 20.7. The van der Waals surface area contributed by atoms with Gasteiger partial charge in [-0.15, -0.1) is 22.7 Å². The lowest BCUT2D eigenvalue weighted by atomic mass is 9.95. The first-order valence-corrected chi connectivity index (χ1v) is 22.4. The lowest BCUT2D eigenvalue weighted by Gasteiger charge is -2.29. The van der Waals surface area contributed by atoms with Crippen LogP contribution in [0.4, 0.5) is 17.1 Å². The highest BCUT2D eigenvalue weighted by atomic mass is 32.1. The molecule has 0 radical (unpaired) electrons. The van der Waals surface area contributed by atoms with Gasteiger partial charge in [0.05, 0.1) is 5.69 Å². The van der Waals surface area contributed by atoms with E-state index in [4.69, 9.17) is 0 Å². The lowest BCUT2D eigenvalue weighted by molar-refractivity contribution is 1.28. The molecule has 0 atom stereocenters. The van der Waals surface area contributed by atoms with Crippen LogP contribution in [0, 0.1) is 0 Å². The van der Waals surface area contributed by atoms with Crippen molar-refractivity contribution in [2.45, 2.75) is 0 Å². The van der Waals surface area contributed by atoms with E-state index in [0.717, 1.165) is 17.1 Å². The Kier molecular flexibility index (Phi) is 8.62. The molecule has 0 N–H and O–H groups in total. The highest BCUT2D eigenvalue weighted by Crippen LogP contribution is 2.46. The smallest absolute Gasteiger partial charge is 0.0540 e. The maximum Gasteiger partial charge on any atom is 0.0540 e. The second-order valence-corrected chi connectivity index (χ2v) is 17.8. The van der Waals surface area contributed by atoms with E-state index < -0.39 is 0 Å². The van der Waals surface area contributed by atoms with Crippen molar-refractivity contribution in [3.05, 3.63) is 224 Å². The molecule has 0 spiro atoms. The summed E-state index contributed by atoms with van der Waals surface area (Å²) in [5.74, 6) is 0. The van der Waals surface area contributed by atoms with Gasteiger partial charge in [0, 0.05) is 57.3 Å². The zero-order chi connectivity index (χ0) is 40.3. The third-order valence-corrected chi connectivity index (χ3v) is 14.4. The molecular formula is C58H37NS2. The Morgan fingerprint density at radius 3 is 1.75 bits per heavy atom. The maximum absolute atomic E-state index is 2.44. The Balaban J connectivity index is 1.01. The average molecular weight is 812 g/mol. The minimum atomic E-state index is 1.10. The van der Waals surface area contributed by atoms with Crippen LogP contribution in [0.2, 0.25) is 0 Å². The van der Waals surface area contributed by atoms with Crippen LogP contribution in [0.5, 0.6) is 0 Å². The van der Waals surface area contributed by atoms with E-state index in [0.29, 0.717) is 0 Å². The van der Waals surface area contributed by atoms with E-state index in [2.05, 4.69) is 229 Å². The highest BCUT2D eigenvalue weighted by molar-refractivity contribution is 7.26. The first kappa shape index (κ1) is 35.6. The van der Waals surface area contributed by atoms with Gasteiger partial charge >= 0.3 is 0 Å². The highest BCUT2D eigenvalue weighted by Gasteiger charge is 2.20. The molecule has 286 valence electrons. The molecule has 0 saturated carbocycles. The summed E-state index contributed by atoms with van der Waals surface area (Å²) in [6, 6.07) is 82.4. The van der Waals surface area contributed by atoms with Crippen molar-refractivity contribution >= 4 is 90.9 Å². The molecule has 2 heterocycles. The summed E-state index contributed by atoms with van der Waals surface area (Å²) in [4.78, 5) is 2.44. The number of hydrogen-bond donors (Lipinski definition) is 0. The van der Waals surface area contributed by atoms with Crippen molar-refractivity contribution in [1.29, 1.82) is 0 Å². The molecule has 0 aliphatic heterocycles. The van der Waals surface area contributed by atoms with E-state index in [-0.39, 0.29) is 0 Å². The van der Waals surface area contributed by atoms with Crippen molar-refractivity contribution in [2.75, 3.05) is 4.90 Å². The minimum Gasteiger partial charge on any atom is -0.310 e. The van der Waals surface area contributed by atoms with Gasteiger partial charge in [0.15, 0.2) is 0 Å². The van der Waals surface area contributed by atoms with E-state index in [9.17, 15) is 0 Å². The normalized spacial score (nSPS) is 11.6. The predicted molar refractivity (Wildman–Crippen MR) is 266 cm³/mol. The molecule has 3 heteroatoms. The molecule has 0 aliphatic carbocycles. The Hall–Kier alpha value is -7.30. The minimum absolute atomic E-state index is 1.10. The van der Waals surface area contributed by atoms with Gasteiger partial charge in [-0.3, -0.25) is 0 Å². The van der Waals surface area contributed by atoms with Gasteiger partial charge in [-0.2, -0.15) is 0 Å². The zero-order valence-electron chi connectivity index (χ0n) is 33.1. The first-order chi connectivity index (χ1) is 30.2. The number of fused-ring (bicyclic) bond motifs is 7. The molecule has 0 saturated heterocycles. The zero-order valence-corrected chi connectivity index (χ0v) is 34.8. The third kappa shape index (κ3) is 6.13. The molecule has 1 nitrogen and oxygen atoms in total. The van der Waals surface area contributed by atoms with E-state index in [1.165, 1.54) is 95.6 Å². The molecule has 2 aromatic heterocycles. The van der Waals surface area contributed by atoms with Crippen molar-refractivity contribution in [1.82, 2.24) is 0 Å². The summed E-state index contributed by atoms with van der Waals surface area (Å²) < 4.78 is 5.29. The van der Waals surface area contributed by atoms with Gasteiger partial charge in [0.2, 0.25) is 0 Å². The summed E-state index contributed by atoms with van der Waals surface area (Å²) in [6.45, 7) is 0. The van der Waals surface area contributed by atoms with Crippen LogP contribution in [0.25, 0.3) is 95.6 Å². The standard InChI is InChI=1S/C58H37NS2/c1-2-20-45-38(14-1)15-11-26-48(45)49-21-3-6-28-53(49)59(43-34-32-39(33-35-43)46-24-13-31-56-57(46)52-23-5-8-30-55(52)60-56)44-19-10-17-41(37-44)40-16-9-18-42(36-40)47-25-12-27-51-50-22-4-7-29-54(50)61-58(47)51/h1-37H. The van der Waals surface area contributed by atoms with Crippen molar-refractivity contribution < 1.29 is 0 Å². The largest absolute Gasteiger partial charge is 0.310 e. The fourth-order valence-electron chi connectivity index (χ4n) is 9.25. The molecule has 61 heavy (non-hydrogen) atoms. The van der Waals surface area contributed by atoms with Gasteiger partial charge in [-0.05, 0) is 104 Å². The monoisotopic (exact) mass is 811 g/mol. The van der Waals surface area contributed by atoms with Gasteiger partial charge in [0.25, 0.3) is 0 Å². The van der Waals surface area contributed by atoms with Crippen LogP contribution in [0.15, 0.2) is 224 Å². The van der Waals surface area contributed by atoms with Crippen LogP contribution in [0.3, 0.4) is 0 Å². The maximum atomic E-state index is 2.44. The fourth-order valence-corrected chi connectivity index (χ4v) is 11.6. The predicted octanol–water partition coefficient (Wildman–Crippen LogP) is 17.7. The van der Waals surface area contributed by atoms with Gasteiger partial charge in [-0.1, -0.05) is 170 Å². The quantitative estimate of drug-likeness (QED) is 0.155. The molecule has 0 aliphatic rings. The number of rotatable bonds is 7. The number of nitrogens with zero attached hydrogens (tertiary/aromatic N) is 1. The summed E-state index contributed by atoms with van der Waals surface area (Å²) in [5.41, 5.74) is 13.0. The number of benzene rings is 10. The summed E-state index contributed by atoms with van der Waals surface area (Å²) in [5, 5.41) is 7.75. The molecule has 12 rings (SSSR count). The van der Waals surface area contributed by atoms with Crippen LogP contribution < -0.4 is 4.90 Å². The second kappa shape index (κ2) is 14.8. The number of hydrogen-bond acceptors (Lipinski definition) is 3. The topological polar surface area (TPSA) is 3.24 Å². The van der Waals surface area contributed by atoms with Crippen molar-refractivity contribution in [3.8, 4) is 44.5 Å². The Labute approximate surface area is 362 Å². The number of anilines is 3. The van der Waals surface area contributed by atoms with Crippen LogP contribution in [-0.4, -0.2) is 0 Å². The number of para-hydroxylation sites is 1. The molecule has 12 aromatic rings. The molecule has 0 fully saturated rings. The molecule has 0 unspecified atom stereocenters. The molecule has 10 aromatic carbocycles. The summed E-state index contributed by atoms with van der Waals surface area (Å²) in [7, 11) is 0. The van der Waals surface area contributed by atoms with Gasteiger partial charge in [-0.25, -0.2) is 0 Å². The number of thiophene rings is 2. The van der Waals surface area contributed by atoms with Crippen LogP contribution >= 0.6 is 22.7 Å². The molecule has 0 amide bonds. The SMILES string of the molecule is c1cc(-c2cccc(N(c3ccc(-c4cccc5sc6ccccc6c45)cc3)c3ccccc3-c3cccc4ccccc34)c2)cc(-c2cccc3c2sc2ccccc23)c1. The lowest BCUT2D eigenvalue weighted by Crippen LogP contribution is -2.11. The Morgan fingerprint density at radius 2 is 0.869 bits per heavy atom. The average Bonchev–Trinajstić information content (AvgIpc) is 3.91. The molecule has 0 bridgehead atoms. The van der Waals surface area contributed by atoms with E-state index in [1.807, 2.05) is 22.7 Å². The van der Waals surface area contributed by atoms with Gasteiger partial charge < -0.3 is 4.90 Å². The van der Waals surface area contributed by atoms with E-state index in [1.54, 1.807) is 0 Å². The van der Waals surface area contributed by atoms with Crippen LogP contribution in [0.1, 0.15) is 0 Å². The van der Waals surface area contributed by atoms with Gasteiger partial charge in [0.1, 0.15) is 0 Å². The van der Waals surface area contributed by atoms with Crippen LogP contribution in [-0.2, 0) is 0 Å². The fraction of sp³-hybridized carbons (Fsp3) is 0. The molecular weight excluding hydrogens is 775 g/mol. The Bertz CT molecular complexity index is 3600. The van der Waals surface area contributed by atoms with Crippen molar-refractivity contribution in [2.24, 2.45) is 0 Å². The summed E-state index contributed by atoms with van der Waals surface area (Å²) in [6.07, 6.45) is 0. The van der Waals surface area contributed by atoms with E-state index >= 15 is 0 Å². The summed E-state index contributed by atoms with van der Waals surface area (Å²) >= 11 is 3.75. The van der Waals surface area contributed by atoms with Crippen molar-refractivity contribution in [3.63, 3.8) is 0 Å². The second-order valence-electron chi connectivity index (χ2n) is 15.6. The third-order valence-electron chi connectivity index (χ3n) is 12.1. The Morgan fingerprint density at radius 1 is 0.295 bits per heavy atom.